The molecule has 0 unspecified atom stereocenters. The smallest absolute Gasteiger partial charge is 0.101 e. The molecule has 0 saturated heterocycles. The molecule has 0 radical (unpaired) electrons. The summed E-state index contributed by atoms with van der Waals surface area (Å²) in [6.07, 6.45) is 8.72. The SMILES string of the molecule is Cc1ccc2c(c1)c1cccc(-c3cccc4c5ccccc5n(C5=CC=CCC5)c34)c1n2-c1ccccc1C#N. The average Bonchev–Trinajstić information content (AvgIpc) is 3.54. The van der Waals surface area contributed by atoms with E-state index in [1.165, 1.54) is 49.4 Å². The second-order valence-electron chi connectivity index (χ2n) is 10.9. The number of benzene rings is 5. The van der Waals surface area contributed by atoms with Crippen molar-refractivity contribution in [3.63, 3.8) is 0 Å². The first-order valence-corrected chi connectivity index (χ1v) is 14.2. The molecule has 0 amide bonds. The van der Waals surface area contributed by atoms with Crippen LogP contribution >= 0.6 is 0 Å². The summed E-state index contributed by atoms with van der Waals surface area (Å²) >= 11 is 0. The highest BCUT2D eigenvalue weighted by Gasteiger charge is 2.22. The molecule has 5 aromatic carbocycles. The molecule has 3 heteroatoms. The first-order valence-electron chi connectivity index (χ1n) is 14.2. The number of hydrogen-bond donors (Lipinski definition) is 0. The summed E-state index contributed by atoms with van der Waals surface area (Å²) in [7, 11) is 0. The van der Waals surface area contributed by atoms with Crippen molar-refractivity contribution in [2.75, 3.05) is 0 Å². The summed E-state index contributed by atoms with van der Waals surface area (Å²) in [6, 6.07) is 39.1. The van der Waals surface area contributed by atoms with E-state index in [-0.39, 0.29) is 0 Å². The number of hydrogen-bond acceptors (Lipinski definition) is 1. The Kier molecular flexibility index (Phi) is 5.23. The van der Waals surface area contributed by atoms with Crippen LogP contribution in [0.3, 0.4) is 0 Å². The fraction of sp³-hybridized carbons (Fsp3) is 0.0789. The maximum absolute atomic E-state index is 10.1. The van der Waals surface area contributed by atoms with Gasteiger partial charge in [-0.2, -0.15) is 5.26 Å². The van der Waals surface area contributed by atoms with E-state index in [1.54, 1.807) is 0 Å². The van der Waals surface area contributed by atoms with E-state index in [2.05, 4.69) is 125 Å². The van der Waals surface area contributed by atoms with Crippen LogP contribution in [0.5, 0.6) is 0 Å². The van der Waals surface area contributed by atoms with Crippen LogP contribution in [-0.4, -0.2) is 9.13 Å². The van der Waals surface area contributed by atoms with Crippen molar-refractivity contribution in [3.05, 3.63) is 132 Å². The van der Waals surface area contributed by atoms with Gasteiger partial charge in [0.2, 0.25) is 0 Å². The van der Waals surface area contributed by atoms with Crippen LogP contribution < -0.4 is 0 Å². The molecule has 0 aliphatic heterocycles. The largest absolute Gasteiger partial charge is 0.312 e. The highest BCUT2D eigenvalue weighted by atomic mass is 15.0. The Morgan fingerprint density at radius 2 is 1.34 bits per heavy atom. The van der Waals surface area contributed by atoms with Gasteiger partial charge in [-0.25, -0.2) is 0 Å². The van der Waals surface area contributed by atoms with Gasteiger partial charge in [0, 0.05) is 38.4 Å². The van der Waals surface area contributed by atoms with Gasteiger partial charge in [-0.1, -0.05) is 90.5 Å². The number of para-hydroxylation sites is 4. The second kappa shape index (κ2) is 9.11. The third kappa shape index (κ3) is 3.44. The highest BCUT2D eigenvalue weighted by molar-refractivity contribution is 6.19. The lowest BCUT2D eigenvalue weighted by Crippen LogP contribution is -2.01. The Hall–Kier alpha value is -5.33. The Labute approximate surface area is 238 Å². The van der Waals surface area contributed by atoms with Crippen molar-refractivity contribution in [3.8, 4) is 22.9 Å². The predicted octanol–water partition coefficient (Wildman–Crippen LogP) is 9.93. The number of nitrogens with zero attached hydrogens (tertiary/aromatic N) is 3. The Morgan fingerprint density at radius 3 is 2.12 bits per heavy atom. The minimum atomic E-state index is 0.660. The van der Waals surface area contributed by atoms with Crippen LogP contribution in [-0.2, 0) is 0 Å². The van der Waals surface area contributed by atoms with Gasteiger partial charge in [-0.15, -0.1) is 0 Å². The second-order valence-corrected chi connectivity index (χ2v) is 10.9. The predicted molar refractivity (Wildman–Crippen MR) is 171 cm³/mol. The molecule has 8 rings (SSSR count). The molecule has 194 valence electrons. The zero-order valence-electron chi connectivity index (χ0n) is 22.8. The van der Waals surface area contributed by atoms with Gasteiger partial charge in [-0.3, -0.25) is 0 Å². The number of rotatable bonds is 3. The summed E-state index contributed by atoms with van der Waals surface area (Å²) < 4.78 is 4.77. The molecule has 0 saturated carbocycles. The van der Waals surface area contributed by atoms with Crippen LogP contribution in [0.15, 0.2) is 121 Å². The van der Waals surface area contributed by atoms with Crippen LogP contribution in [0, 0.1) is 18.3 Å². The van der Waals surface area contributed by atoms with Gasteiger partial charge < -0.3 is 9.13 Å². The number of fused-ring (bicyclic) bond motifs is 6. The van der Waals surface area contributed by atoms with Crippen LogP contribution in [0.25, 0.3) is 66.1 Å². The first-order chi connectivity index (χ1) is 20.2. The van der Waals surface area contributed by atoms with Gasteiger partial charge in [0.15, 0.2) is 0 Å². The molecule has 2 aromatic heterocycles. The van der Waals surface area contributed by atoms with E-state index in [0.717, 1.165) is 35.1 Å². The van der Waals surface area contributed by atoms with Gasteiger partial charge >= 0.3 is 0 Å². The van der Waals surface area contributed by atoms with Crippen molar-refractivity contribution >= 4 is 49.3 Å². The van der Waals surface area contributed by atoms with Crippen molar-refractivity contribution in [1.29, 1.82) is 5.26 Å². The van der Waals surface area contributed by atoms with E-state index in [0.29, 0.717) is 5.56 Å². The van der Waals surface area contributed by atoms with E-state index in [1.807, 2.05) is 18.2 Å². The molecule has 0 N–H and O–H groups in total. The Bertz CT molecular complexity index is 2280. The molecular weight excluding hydrogens is 498 g/mol. The lowest BCUT2D eigenvalue weighted by Gasteiger charge is -2.17. The van der Waals surface area contributed by atoms with Crippen LogP contribution in [0.4, 0.5) is 0 Å². The lowest BCUT2D eigenvalue weighted by atomic mass is 9.98. The molecule has 3 nitrogen and oxygen atoms in total. The van der Waals surface area contributed by atoms with Gasteiger partial charge in [-0.05, 0) is 56.2 Å². The number of aryl methyl sites for hydroxylation is 1. The Morgan fingerprint density at radius 1 is 0.659 bits per heavy atom. The highest BCUT2D eigenvalue weighted by Crippen LogP contribution is 2.44. The zero-order valence-corrected chi connectivity index (χ0v) is 22.8. The van der Waals surface area contributed by atoms with Crippen molar-refractivity contribution < 1.29 is 0 Å². The number of nitriles is 1. The van der Waals surface area contributed by atoms with Gasteiger partial charge in [0.1, 0.15) is 6.07 Å². The molecule has 1 aliphatic rings. The van der Waals surface area contributed by atoms with E-state index < -0.39 is 0 Å². The summed E-state index contributed by atoms with van der Waals surface area (Å²) in [6.45, 7) is 2.14. The molecule has 0 bridgehead atoms. The summed E-state index contributed by atoms with van der Waals surface area (Å²) in [5, 5.41) is 15.0. The maximum atomic E-state index is 10.1. The zero-order chi connectivity index (χ0) is 27.5. The van der Waals surface area contributed by atoms with Crippen molar-refractivity contribution in [2.24, 2.45) is 0 Å². The summed E-state index contributed by atoms with van der Waals surface area (Å²) in [4.78, 5) is 0. The minimum Gasteiger partial charge on any atom is -0.312 e. The molecule has 0 spiro atoms. The van der Waals surface area contributed by atoms with Crippen molar-refractivity contribution in [1.82, 2.24) is 9.13 Å². The van der Waals surface area contributed by atoms with Gasteiger partial charge in [0.25, 0.3) is 0 Å². The lowest BCUT2D eigenvalue weighted by molar-refractivity contribution is 0.979. The molecule has 0 fully saturated rings. The quantitative estimate of drug-likeness (QED) is 0.226. The molecule has 1 aliphatic carbocycles. The normalized spacial score (nSPS) is 13.3. The van der Waals surface area contributed by atoms with E-state index in [9.17, 15) is 5.26 Å². The van der Waals surface area contributed by atoms with Crippen LogP contribution in [0.1, 0.15) is 24.0 Å². The fourth-order valence-electron chi connectivity index (χ4n) is 6.72. The molecule has 0 atom stereocenters. The summed E-state index contributed by atoms with van der Waals surface area (Å²) in [5.74, 6) is 0. The number of allylic oxidation sites excluding steroid dienone is 4. The van der Waals surface area contributed by atoms with E-state index in [4.69, 9.17) is 0 Å². The topological polar surface area (TPSA) is 33.6 Å². The van der Waals surface area contributed by atoms with Crippen molar-refractivity contribution in [2.45, 2.75) is 19.8 Å². The van der Waals surface area contributed by atoms with E-state index >= 15 is 0 Å². The third-order valence-corrected chi connectivity index (χ3v) is 8.47. The van der Waals surface area contributed by atoms with Gasteiger partial charge in [0.05, 0.1) is 33.3 Å². The standard InChI is InChI=1S/C38H27N3/c1-25-21-22-36-33(23-25)32-18-10-17-31(38(32)41(36)34-19-7-5-11-26(34)24-39)30-16-9-15-29-28-14-6-8-20-35(28)40(37(29)30)27-12-3-2-4-13-27/h2-3,5-12,14-23H,4,13H2,1H3. The average molecular weight is 526 g/mol. The third-order valence-electron chi connectivity index (χ3n) is 8.47. The Balaban J connectivity index is 1.57. The molecule has 7 aromatic rings. The maximum Gasteiger partial charge on any atom is 0.101 e. The minimum absolute atomic E-state index is 0.660. The summed E-state index contributed by atoms with van der Waals surface area (Å²) in [5.41, 5.74) is 11.1. The molecular formula is C38H27N3. The first kappa shape index (κ1) is 23.5. The fourth-order valence-corrected chi connectivity index (χ4v) is 6.72. The van der Waals surface area contributed by atoms with Crippen LogP contribution in [0.2, 0.25) is 0 Å². The molecule has 41 heavy (non-hydrogen) atoms. The molecule has 2 heterocycles. The number of aromatic nitrogens is 2. The monoisotopic (exact) mass is 525 g/mol.